The molecule has 4 N–H and O–H groups in total. The Hall–Kier alpha value is -3.11. The van der Waals surface area contributed by atoms with Gasteiger partial charge in [0.15, 0.2) is 9.84 Å². The number of sulfone groups is 1. The minimum Gasteiger partial charge on any atom is -0.395 e. The second-order valence-electron chi connectivity index (χ2n) is 8.32. The second kappa shape index (κ2) is 10.1. The average molecular weight is 548 g/mol. The molecule has 2 heterocycles. The fourth-order valence-corrected chi connectivity index (χ4v) is 6.23. The first kappa shape index (κ1) is 26.0. The predicted molar refractivity (Wildman–Crippen MR) is 140 cm³/mol. The van der Waals surface area contributed by atoms with Crippen molar-refractivity contribution >= 4 is 62.2 Å². The normalized spacial score (nSPS) is 14.1. The zero-order chi connectivity index (χ0) is 26.2. The number of carbonyl (C=O) groups excluding carboxylic acids is 2. The maximum atomic E-state index is 13.2. The number of carbonyl (C=O) groups is 2. The topological polar surface area (TPSA) is 128 Å². The lowest BCUT2D eigenvalue weighted by atomic mass is 10.0. The fourth-order valence-electron chi connectivity index (χ4n) is 4.11. The number of aliphatic hydroxyl groups is 1. The maximum absolute atomic E-state index is 13.2. The van der Waals surface area contributed by atoms with Crippen LogP contribution in [-0.2, 0) is 20.4 Å². The smallest absolute Gasteiger partial charge is 0.256 e. The Kier molecular flexibility index (Phi) is 7.28. The van der Waals surface area contributed by atoms with E-state index in [4.69, 9.17) is 28.3 Å². The summed E-state index contributed by atoms with van der Waals surface area (Å²) >= 11 is 12.3. The van der Waals surface area contributed by atoms with Crippen LogP contribution in [0.25, 0.3) is 11.6 Å². The molecule has 4 rings (SSSR count). The summed E-state index contributed by atoms with van der Waals surface area (Å²) < 4.78 is 26.4. The average Bonchev–Trinajstić information content (AvgIpc) is 3.29. The lowest BCUT2D eigenvalue weighted by Gasteiger charge is -2.10. The van der Waals surface area contributed by atoms with E-state index in [9.17, 15) is 18.0 Å². The van der Waals surface area contributed by atoms with E-state index in [-0.39, 0.29) is 39.6 Å². The number of aromatic amines is 1. The summed E-state index contributed by atoms with van der Waals surface area (Å²) in [6.45, 7) is 3.41. The molecule has 3 aromatic rings. The zero-order valence-electron chi connectivity index (χ0n) is 19.4. The van der Waals surface area contributed by atoms with Gasteiger partial charge in [-0.3, -0.25) is 9.59 Å². The third-order valence-corrected chi connectivity index (χ3v) is 8.27. The van der Waals surface area contributed by atoms with E-state index in [0.29, 0.717) is 39.3 Å². The van der Waals surface area contributed by atoms with E-state index in [0.717, 1.165) is 0 Å². The molecule has 0 aliphatic carbocycles. The summed E-state index contributed by atoms with van der Waals surface area (Å²) in [5, 5.41) is 14.8. The van der Waals surface area contributed by atoms with Crippen molar-refractivity contribution in [3.8, 4) is 0 Å². The summed E-state index contributed by atoms with van der Waals surface area (Å²) in [7, 11) is -3.84. The van der Waals surface area contributed by atoms with Crippen LogP contribution in [-0.4, -0.2) is 43.5 Å². The minimum absolute atomic E-state index is 0.0168. The number of anilines is 1. The van der Waals surface area contributed by atoms with Gasteiger partial charge in [-0.1, -0.05) is 29.3 Å². The van der Waals surface area contributed by atoms with Gasteiger partial charge in [0.1, 0.15) is 0 Å². The van der Waals surface area contributed by atoms with Gasteiger partial charge in [0, 0.05) is 44.8 Å². The van der Waals surface area contributed by atoms with E-state index in [1.165, 1.54) is 18.2 Å². The summed E-state index contributed by atoms with van der Waals surface area (Å²) in [5.74, 6) is -1.14. The number of aryl methyl sites for hydroxylation is 1. The van der Waals surface area contributed by atoms with Crippen LogP contribution in [0, 0.1) is 13.8 Å². The number of nitrogens with one attached hydrogen (secondary N) is 3. The highest BCUT2D eigenvalue weighted by molar-refractivity contribution is 7.90. The molecule has 0 saturated heterocycles. The Morgan fingerprint density at radius 3 is 2.50 bits per heavy atom. The van der Waals surface area contributed by atoms with Gasteiger partial charge in [-0.25, -0.2) is 8.42 Å². The molecule has 11 heteroatoms. The molecule has 1 aromatic heterocycles. The van der Waals surface area contributed by atoms with Crippen LogP contribution in [0.1, 0.15) is 38.4 Å². The van der Waals surface area contributed by atoms with Crippen LogP contribution in [0.15, 0.2) is 41.3 Å². The van der Waals surface area contributed by atoms with Gasteiger partial charge in [0.25, 0.3) is 11.8 Å². The maximum Gasteiger partial charge on any atom is 0.256 e. The van der Waals surface area contributed by atoms with Gasteiger partial charge >= 0.3 is 0 Å². The van der Waals surface area contributed by atoms with E-state index in [1.54, 1.807) is 38.1 Å². The largest absolute Gasteiger partial charge is 0.395 e. The molecule has 1 aliphatic rings. The van der Waals surface area contributed by atoms with Crippen LogP contribution in [0.2, 0.25) is 10.0 Å². The van der Waals surface area contributed by atoms with Crippen molar-refractivity contribution in [2.24, 2.45) is 0 Å². The summed E-state index contributed by atoms with van der Waals surface area (Å²) in [5.41, 5.74) is 3.63. The molecule has 188 valence electrons. The molecule has 8 nitrogen and oxygen atoms in total. The Bertz CT molecular complexity index is 1510. The standard InChI is InChI=1S/C25H23Cl2N3O5S/c1-13-22(29-14(2)23(13)25(33)28-8-9-31)11-17-16-10-15(6-7-21(16)30-24(17)32)36(34,35)12-18-19(26)4-3-5-20(18)27/h3-7,10-11,29,31H,8-9,12H2,1-2H3,(H,28,33)(H,30,32)/b17-11-. The van der Waals surface area contributed by atoms with E-state index >= 15 is 0 Å². The molecule has 0 saturated carbocycles. The van der Waals surface area contributed by atoms with Crippen LogP contribution in [0.5, 0.6) is 0 Å². The molecule has 1 aliphatic heterocycles. The van der Waals surface area contributed by atoms with Crippen molar-refractivity contribution in [1.82, 2.24) is 10.3 Å². The third-order valence-electron chi connectivity index (χ3n) is 5.92. The SMILES string of the molecule is Cc1[nH]c(/C=C2\C(=O)Nc3ccc(S(=O)(=O)Cc4c(Cl)cccc4Cl)cc32)c(C)c1C(=O)NCCO. The number of halogens is 2. The van der Waals surface area contributed by atoms with Crippen LogP contribution in [0.3, 0.4) is 0 Å². The van der Waals surface area contributed by atoms with Gasteiger partial charge in [0.2, 0.25) is 0 Å². The lowest BCUT2D eigenvalue weighted by Crippen LogP contribution is -2.27. The number of aromatic nitrogens is 1. The molecule has 0 fully saturated rings. The first-order valence-electron chi connectivity index (χ1n) is 10.9. The molecule has 0 radical (unpaired) electrons. The number of benzene rings is 2. The number of amides is 2. The van der Waals surface area contributed by atoms with Crippen molar-refractivity contribution in [2.45, 2.75) is 24.5 Å². The van der Waals surface area contributed by atoms with Gasteiger partial charge in [-0.2, -0.15) is 0 Å². The monoisotopic (exact) mass is 547 g/mol. The Morgan fingerprint density at radius 1 is 1.14 bits per heavy atom. The number of rotatable bonds is 7. The quantitative estimate of drug-likeness (QED) is 0.330. The lowest BCUT2D eigenvalue weighted by molar-refractivity contribution is -0.110. The van der Waals surface area contributed by atoms with Crippen molar-refractivity contribution in [2.75, 3.05) is 18.5 Å². The molecule has 0 bridgehead atoms. The van der Waals surface area contributed by atoms with Gasteiger partial charge in [-0.05, 0) is 55.8 Å². The molecule has 2 aromatic carbocycles. The van der Waals surface area contributed by atoms with Crippen molar-refractivity contribution in [1.29, 1.82) is 0 Å². The first-order valence-corrected chi connectivity index (χ1v) is 13.4. The van der Waals surface area contributed by atoms with E-state index in [1.807, 2.05) is 0 Å². The number of fused-ring (bicyclic) bond motifs is 1. The molecule has 0 unspecified atom stereocenters. The van der Waals surface area contributed by atoms with Crippen molar-refractivity contribution in [3.05, 3.63) is 80.1 Å². The fraction of sp³-hybridized carbons (Fsp3) is 0.200. The summed E-state index contributed by atoms with van der Waals surface area (Å²) in [4.78, 5) is 28.4. The summed E-state index contributed by atoms with van der Waals surface area (Å²) in [6, 6.07) is 9.19. The van der Waals surface area contributed by atoms with Crippen LogP contribution in [0.4, 0.5) is 5.69 Å². The summed E-state index contributed by atoms with van der Waals surface area (Å²) in [6.07, 6.45) is 1.59. The zero-order valence-corrected chi connectivity index (χ0v) is 21.7. The van der Waals surface area contributed by atoms with Crippen molar-refractivity contribution < 1.29 is 23.1 Å². The second-order valence-corrected chi connectivity index (χ2v) is 11.1. The van der Waals surface area contributed by atoms with Gasteiger partial charge in [-0.15, -0.1) is 0 Å². The molecular formula is C25H23Cl2N3O5S. The van der Waals surface area contributed by atoms with Crippen molar-refractivity contribution in [3.63, 3.8) is 0 Å². The van der Waals surface area contributed by atoms with Crippen LogP contribution >= 0.6 is 23.2 Å². The van der Waals surface area contributed by atoms with E-state index < -0.39 is 21.5 Å². The number of hydrogen-bond acceptors (Lipinski definition) is 5. The predicted octanol–water partition coefficient (Wildman–Crippen LogP) is 4.13. The number of aliphatic hydroxyl groups excluding tert-OH is 1. The van der Waals surface area contributed by atoms with Gasteiger partial charge in [0.05, 0.1) is 28.4 Å². The number of H-pyrrole nitrogens is 1. The Labute approximate surface area is 218 Å². The Balaban J connectivity index is 1.72. The highest BCUT2D eigenvalue weighted by Crippen LogP contribution is 2.37. The highest BCUT2D eigenvalue weighted by atomic mass is 35.5. The Morgan fingerprint density at radius 2 is 1.83 bits per heavy atom. The third kappa shape index (κ3) is 4.92. The van der Waals surface area contributed by atoms with Crippen LogP contribution < -0.4 is 10.6 Å². The molecule has 2 amide bonds. The van der Waals surface area contributed by atoms with Gasteiger partial charge < -0.3 is 20.7 Å². The molecule has 0 atom stereocenters. The molecule has 0 spiro atoms. The number of hydrogen-bond donors (Lipinski definition) is 4. The molecular weight excluding hydrogens is 525 g/mol. The van der Waals surface area contributed by atoms with E-state index in [2.05, 4.69) is 15.6 Å². The first-order chi connectivity index (χ1) is 17.0. The highest BCUT2D eigenvalue weighted by Gasteiger charge is 2.28. The minimum atomic E-state index is -3.84. The molecule has 36 heavy (non-hydrogen) atoms.